The molecule has 0 unspecified atom stereocenters. The fourth-order valence-electron chi connectivity index (χ4n) is 6.44. The molecule has 0 heterocycles. The third-order valence-electron chi connectivity index (χ3n) is 7.89. The van der Waals surface area contributed by atoms with E-state index in [-0.39, 0.29) is 41.1 Å². The molecule has 0 radical (unpaired) electrons. The monoisotopic (exact) mass is 580 g/mol. The van der Waals surface area contributed by atoms with Crippen molar-refractivity contribution in [3.8, 4) is 0 Å². The minimum Gasteiger partial charge on any atom is -0.358 e. The summed E-state index contributed by atoms with van der Waals surface area (Å²) < 4.78 is 0. The Bertz CT molecular complexity index is 1390. The number of hydrogen-bond acceptors (Lipinski definition) is 0. The number of benzene rings is 3. The zero-order valence-corrected chi connectivity index (χ0v) is 27.6. The molecule has 0 saturated heterocycles. The van der Waals surface area contributed by atoms with Crippen LogP contribution in [-0.4, -0.2) is 8.07 Å². The van der Waals surface area contributed by atoms with Crippen LogP contribution in [0.25, 0.3) is 21.5 Å². The van der Waals surface area contributed by atoms with E-state index in [1.165, 1.54) is 49.0 Å². The van der Waals surface area contributed by atoms with Gasteiger partial charge in [-0.1, -0.05) is 107 Å². The van der Waals surface area contributed by atoms with Crippen LogP contribution in [0.1, 0.15) is 61.8 Å². The minimum atomic E-state index is -2.35. The average Bonchev–Trinajstić information content (AvgIpc) is 3.34. The number of aryl methyl sites for hydroxylation is 2. The van der Waals surface area contributed by atoms with Gasteiger partial charge in [-0.15, -0.1) is 69.1 Å². The van der Waals surface area contributed by atoms with E-state index in [0.717, 1.165) is 0 Å². The maximum Gasteiger partial charge on any atom is 4.00 e. The van der Waals surface area contributed by atoms with Gasteiger partial charge in [0.25, 0.3) is 0 Å². The summed E-state index contributed by atoms with van der Waals surface area (Å²) >= 11 is 0. The zero-order valence-electron chi connectivity index (χ0n) is 24.2. The molecule has 0 saturated carbocycles. The van der Waals surface area contributed by atoms with Gasteiger partial charge >= 0.3 is 26.2 Å². The van der Waals surface area contributed by atoms with Crippen molar-refractivity contribution in [1.82, 2.24) is 0 Å². The second-order valence-electron chi connectivity index (χ2n) is 10.8. The van der Waals surface area contributed by atoms with Crippen LogP contribution < -0.4 is 15.6 Å². The molecule has 190 valence electrons. The predicted molar refractivity (Wildman–Crippen MR) is 167 cm³/mol. The molecule has 5 aromatic carbocycles. The second-order valence-corrected chi connectivity index (χ2v) is 14.7. The summed E-state index contributed by atoms with van der Waals surface area (Å²) in [4.78, 5) is 0. The Morgan fingerprint density at radius 1 is 0.595 bits per heavy atom. The Hall–Kier alpha value is -2.02. The molecular weight excluding hydrogens is 540 g/mol. The van der Waals surface area contributed by atoms with Crippen molar-refractivity contribution >= 4 is 45.2 Å². The van der Waals surface area contributed by atoms with Crippen LogP contribution in [-0.2, 0) is 26.2 Å². The summed E-state index contributed by atoms with van der Waals surface area (Å²) in [7, 11) is -2.35. The van der Waals surface area contributed by atoms with Gasteiger partial charge in [-0.25, -0.2) is 0 Å². The third kappa shape index (κ3) is 4.93. The van der Waals surface area contributed by atoms with Gasteiger partial charge in [-0.2, -0.15) is 10.4 Å². The van der Waals surface area contributed by atoms with Gasteiger partial charge in [0.15, 0.2) is 0 Å². The third-order valence-corrected chi connectivity index (χ3v) is 12.7. The van der Waals surface area contributed by atoms with E-state index in [1.54, 1.807) is 10.4 Å². The van der Waals surface area contributed by atoms with Gasteiger partial charge in [-0.05, 0) is 11.8 Å². The summed E-state index contributed by atoms with van der Waals surface area (Å²) in [5, 5.41) is 10.5. The van der Waals surface area contributed by atoms with E-state index in [9.17, 15) is 0 Å². The number of rotatable bonds is 5. The first-order chi connectivity index (χ1) is 16.2. The molecule has 0 spiro atoms. The molecule has 0 bridgehead atoms. The van der Waals surface area contributed by atoms with Crippen LogP contribution >= 0.6 is 0 Å². The van der Waals surface area contributed by atoms with Gasteiger partial charge < -0.3 is 14.9 Å². The molecule has 37 heavy (non-hydrogen) atoms. The molecule has 0 aliphatic rings. The van der Waals surface area contributed by atoms with Crippen molar-refractivity contribution in [2.45, 2.75) is 59.9 Å². The molecule has 0 aliphatic heterocycles. The van der Waals surface area contributed by atoms with Crippen molar-refractivity contribution in [2.24, 2.45) is 0 Å². The van der Waals surface area contributed by atoms with E-state index in [1.807, 2.05) is 0 Å². The maximum absolute atomic E-state index is 2.61. The first-order valence-corrected chi connectivity index (χ1v) is 15.2. The van der Waals surface area contributed by atoms with Crippen molar-refractivity contribution < 1.29 is 26.2 Å². The topological polar surface area (TPSA) is 0 Å². The van der Waals surface area contributed by atoms with Crippen LogP contribution in [0, 0.1) is 28.7 Å². The average molecular weight is 582 g/mol. The molecule has 0 aliphatic carbocycles. The fourth-order valence-corrected chi connectivity index (χ4v) is 11.4. The van der Waals surface area contributed by atoms with E-state index in [2.05, 4.69) is 127 Å². The largest absolute Gasteiger partial charge is 4.00 e. The first kappa shape index (κ1) is 31.2. The van der Waals surface area contributed by atoms with Gasteiger partial charge in [-0.3, -0.25) is 0 Å². The normalized spacial score (nSPS) is 11.5. The van der Waals surface area contributed by atoms with Crippen molar-refractivity contribution in [2.75, 3.05) is 0 Å². The minimum absolute atomic E-state index is 0. The smallest absolute Gasteiger partial charge is 0.358 e. The molecule has 5 rings (SSSR count). The SMILES string of the molecule is Cc1[cH-]c2cccc(C(C)C)c2c1[Si](C)(c1ccccc1)c1c(C)[cH-]c2cccc(C(C)C)c12.[CH3-].[CH3-].[Zr+4]. The Kier molecular flexibility index (Phi) is 9.94. The van der Waals surface area contributed by atoms with Crippen molar-refractivity contribution in [3.63, 3.8) is 0 Å². The van der Waals surface area contributed by atoms with Gasteiger partial charge in [0.05, 0.1) is 0 Å². The second kappa shape index (κ2) is 11.8. The predicted octanol–water partition coefficient (Wildman–Crippen LogP) is 8.29. The van der Waals surface area contributed by atoms with E-state index in [4.69, 9.17) is 0 Å². The Balaban J connectivity index is 0.00000160. The molecule has 0 amide bonds. The summed E-state index contributed by atoms with van der Waals surface area (Å²) in [6.07, 6.45) is 0. The van der Waals surface area contributed by atoms with E-state index < -0.39 is 8.07 Å². The summed E-state index contributed by atoms with van der Waals surface area (Å²) in [5.74, 6) is 0.976. The molecule has 0 fully saturated rings. The number of hydrogen-bond donors (Lipinski definition) is 0. The van der Waals surface area contributed by atoms with E-state index in [0.29, 0.717) is 11.8 Å². The van der Waals surface area contributed by atoms with Gasteiger partial charge in [0, 0.05) is 8.07 Å². The molecule has 0 N–H and O–H groups in total. The van der Waals surface area contributed by atoms with E-state index >= 15 is 0 Å². The Labute approximate surface area is 246 Å². The van der Waals surface area contributed by atoms with Crippen molar-refractivity contribution in [3.05, 3.63) is 116 Å². The van der Waals surface area contributed by atoms with Gasteiger partial charge in [0.2, 0.25) is 0 Å². The van der Waals surface area contributed by atoms with Crippen LogP contribution in [0.3, 0.4) is 0 Å². The zero-order chi connectivity index (χ0) is 24.2. The van der Waals surface area contributed by atoms with Crippen LogP contribution in [0.15, 0.2) is 78.9 Å². The Morgan fingerprint density at radius 2 is 1.00 bits per heavy atom. The molecule has 0 nitrogen and oxygen atoms in total. The molecule has 0 atom stereocenters. The quantitative estimate of drug-likeness (QED) is 0.145. The maximum atomic E-state index is 2.61. The molecule has 0 aromatic heterocycles. The standard InChI is InChI=1S/C33H36Si.2CH3.Zr/c1-21(2)28-17-11-13-25-19-23(5)32(30(25)28)34(7,27-15-9-8-10-16-27)33-24(6)20-26-14-12-18-29(22(3)4)31(26)33;;;/h8-22H,1-7H3;2*1H3;/q-2;2*-1;+4. The summed E-state index contributed by atoms with van der Waals surface area (Å²) in [5.41, 5.74) is 5.84. The molecule has 5 aromatic rings. The fraction of sp³-hybridized carbons (Fsp3) is 0.257. The summed E-state index contributed by atoms with van der Waals surface area (Å²) in [6.45, 7) is 16.6. The molecular formula is C35H42SiZr. The first-order valence-electron chi connectivity index (χ1n) is 12.7. The summed E-state index contributed by atoms with van der Waals surface area (Å²) in [6, 6.07) is 30.1. The van der Waals surface area contributed by atoms with Crippen LogP contribution in [0.2, 0.25) is 6.55 Å². The Morgan fingerprint density at radius 3 is 1.38 bits per heavy atom. The van der Waals surface area contributed by atoms with Crippen LogP contribution in [0.5, 0.6) is 0 Å². The van der Waals surface area contributed by atoms with Crippen LogP contribution in [0.4, 0.5) is 0 Å². The van der Waals surface area contributed by atoms with Crippen molar-refractivity contribution in [1.29, 1.82) is 0 Å². The number of fused-ring (bicyclic) bond motifs is 2. The molecule has 2 heteroatoms. The van der Waals surface area contributed by atoms with Gasteiger partial charge in [0.1, 0.15) is 0 Å².